The average molecular weight is 374 g/mol. The van der Waals surface area contributed by atoms with E-state index in [-0.39, 0.29) is 5.91 Å². The Balaban J connectivity index is 1.56. The Hall–Kier alpha value is -2.45. The monoisotopic (exact) mass is 374 g/mol. The molecule has 2 heterocycles. The van der Waals surface area contributed by atoms with Crippen LogP contribution in [-0.4, -0.2) is 27.8 Å². The minimum Gasteiger partial charge on any atom is -0.497 e. The summed E-state index contributed by atoms with van der Waals surface area (Å²) in [5.74, 6) is 1.53. The van der Waals surface area contributed by atoms with Crippen LogP contribution in [0.15, 0.2) is 41.8 Å². The summed E-state index contributed by atoms with van der Waals surface area (Å²) in [4.78, 5) is 13.2. The highest BCUT2D eigenvalue weighted by atomic mass is 32.1. The molecule has 0 saturated heterocycles. The number of benzene rings is 1. The maximum atomic E-state index is 12.1. The highest BCUT2D eigenvalue weighted by molar-refractivity contribution is 7.71. The topological polar surface area (TPSA) is 71.9 Å². The predicted molar refractivity (Wildman–Crippen MR) is 100 cm³/mol. The summed E-state index contributed by atoms with van der Waals surface area (Å²) >= 11 is 6.86. The van der Waals surface area contributed by atoms with Crippen molar-refractivity contribution in [3.8, 4) is 16.5 Å². The molecule has 2 aromatic heterocycles. The van der Waals surface area contributed by atoms with Crippen molar-refractivity contribution < 1.29 is 9.53 Å². The fraction of sp³-hybridized carbons (Fsp3) is 0.235. The lowest BCUT2D eigenvalue weighted by Crippen LogP contribution is -2.24. The Labute approximate surface area is 154 Å². The van der Waals surface area contributed by atoms with Gasteiger partial charge in [0.25, 0.3) is 0 Å². The maximum Gasteiger partial charge on any atom is 0.222 e. The maximum absolute atomic E-state index is 12.1. The number of aromatic nitrogens is 3. The molecular formula is C17H18N4O2S2. The van der Waals surface area contributed by atoms with E-state index in [0.29, 0.717) is 24.3 Å². The molecule has 3 rings (SSSR count). The van der Waals surface area contributed by atoms with Crippen LogP contribution in [0, 0.1) is 4.77 Å². The number of hydrogen-bond acceptors (Lipinski definition) is 5. The lowest BCUT2D eigenvalue weighted by Gasteiger charge is -2.08. The first-order valence-corrected chi connectivity index (χ1v) is 9.05. The number of methoxy groups -OCH3 is 1. The van der Waals surface area contributed by atoms with Crippen molar-refractivity contribution in [1.29, 1.82) is 0 Å². The number of nitrogens with zero attached hydrogens (tertiary/aromatic N) is 2. The number of amides is 1. The first-order chi connectivity index (χ1) is 12.2. The molecule has 0 saturated carbocycles. The zero-order chi connectivity index (χ0) is 17.6. The number of carbonyl (C=O) groups is 1. The van der Waals surface area contributed by atoms with Crippen LogP contribution in [0.1, 0.15) is 12.0 Å². The molecule has 1 aromatic carbocycles. The Morgan fingerprint density at radius 2 is 2.16 bits per heavy atom. The molecule has 0 aliphatic heterocycles. The van der Waals surface area contributed by atoms with E-state index in [9.17, 15) is 4.79 Å². The van der Waals surface area contributed by atoms with Gasteiger partial charge in [0.05, 0.1) is 12.0 Å². The van der Waals surface area contributed by atoms with Crippen molar-refractivity contribution in [3.63, 3.8) is 0 Å². The van der Waals surface area contributed by atoms with Crippen molar-refractivity contribution in [1.82, 2.24) is 20.1 Å². The van der Waals surface area contributed by atoms with Gasteiger partial charge in [-0.3, -0.25) is 14.5 Å². The normalized spacial score (nSPS) is 10.6. The van der Waals surface area contributed by atoms with Crippen LogP contribution in [0.3, 0.4) is 0 Å². The Bertz CT molecular complexity index is 882. The van der Waals surface area contributed by atoms with Gasteiger partial charge in [0, 0.05) is 19.5 Å². The van der Waals surface area contributed by atoms with E-state index >= 15 is 0 Å². The van der Waals surface area contributed by atoms with Gasteiger partial charge in [-0.1, -0.05) is 18.2 Å². The van der Waals surface area contributed by atoms with Crippen molar-refractivity contribution >= 4 is 29.5 Å². The van der Waals surface area contributed by atoms with Gasteiger partial charge in [0.1, 0.15) is 5.75 Å². The van der Waals surface area contributed by atoms with E-state index in [2.05, 4.69) is 15.5 Å². The van der Waals surface area contributed by atoms with Gasteiger partial charge in [-0.25, -0.2) is 0 Å². The SMILES string of the molecule is COc1ccc(CNC(=O)CCn2c(-c3cccs3)n[nH]c2=S)cc1. The predicted octanol–water partition coefficient (Wildman–Crippen LogP) is 3.38. The van der Waals surface area contributed by atoms with Crippen molar-refractivity contribution in [2.75, 3.05) is 7.11 Å². The molecule has 0 spiro atoms. The van der Waals surface area contributed by atoms with Crippen molar-refractivity contribution in [2.24, 2.45) is 0 Å². The third kappa shape index (κ3) is 4.34. The zero-order valence-electron chi connectivity index (χ0n) is 13.7. The Morgan fingerprint density at radius 1 is 1.36 bits per heavy atom. The average Bonchev–Trinajstić information content (AvgIpc) is 3.28. The number of rotatable bonds is 7. The van der Waals surface area contributed by atoms with E-state index in [0.717, 1.165) is 22.0 Å². The van der Waals surface area contributed by atoms with Crippen molar-refractivity contribution in [2.45, 2.75) is 19.5 Å². The third-order valence-electron chi connectivity index (χ3n) is 3.71. The van der Waals surface area contributed by atoms with Gasteiger partial charge in [0.2, 0.25) is 5.91 Å². The standard InChI is InChI=1S/C17H18N4O2S2/c1-23-13-6-4-12(5-7-13)11-18-15(22)8-9-21-16(19-20-17(21)24)14-3-2-10-25-14/h2-7,10H,8-9,11H2,1H3,(H,18,22)(H,20,24). The summed E-state index contributed by atoms with van der Waals surface area (Å²) in [6.07, 6.45) is 0.336. The van der Waals surface area contributed by atoms with Crippen LogP contribution in [0.5, 0.6) is 5.75 Å². The van der Waals surface area contributed by atoms with Crippen LogP contribution in [0.2, 0.25) is 0 Å². The third-order valence-corrected chi connectivity index (χ3v) is 4.89. The molecule has 0 atom stereocenters. The number of carbonyl (C=O) groups excluding carboxylic acids is 1. The van der Waals surface area contributed by atoms with Crippen LogP contribution >= 0.6 is 23.6 Å². The molecule has 0 fully saturated rings. The summed E-state index contributed by atoms with van der Waals surface area (Å²) in [7, 11) is 1.63. The minimum absolute atomic E-state index is 0.0314. The lowest BCUT2D eigenvalue weighted by atomic mass is 10.2. The summed E-state index contributed by atoms with van der Waals surface area (Å²) < 4.78 is 7.49. The zero-order valence-corrected chi connectivity index (χ0v) is 15.3. The highest BCUT2D eigenvalue weighted by Crippen LogP contribution is 2.22. The number of nitrogens with one attached hydrogen (secondary N) is 2. The summed E-state index contributed by atoms with van der Waals surface area (Å²) in [5.41, 5.74) is 1.02. The molecule has 2 N–H and O–H groups in total. The second-order valence-electron chi connectivity index (χ2n) is 5.36. The Kier molecular flexibility index (Phi) is 5.62. The number of thiophene rings is 1. The highest BCUT2D eigenvalue weighted by Gasteiger charge is 2.11. The van der Waals surface area contributed by atoms with Gasteiger partial charge in [-0.05, 0) is 41.4 Å². The van der Waals surface area contributed by atoms with E-state index in [1.165, 1.54) is 0 Å². The fourth-order valence-electron chi connectivity index (χ4n) is 2.36. The van der Waals surface area contributed by atoms with Gasteiger partial charge in [-0.15, -0.1) is 11.3 Å². The number of H-pyrrole nitrogens is 1. The lowest BCUT2D eigenvalue weighted by molar-refractivity contribution is -0.121. The fourth-order valence-corrected chi connectivity index (χ4v) is 3.31. The molecule has 8 heteroatoms. The molecule has 0 unspecified atom stereocenters. The van der Waals surface area contributed by atoms with Crippen LogP contribution in [0.25, 0.3) is 10.7 Å². The summed E-state index contributed by atoms with van der Waals surface area (Å²) in [5, 5.41) is 12.0. The number of hydrogen-bond donors (Lipinski definition) is 2. The van der Waals surface area contributed by atoms with E-state index in [1.54, 1.807) is 18.4 Å². The van der Waals surface area contributed by atoms with Crippen LogP contribution in [-0.2, 0) is 17.9 Å². The van der Waals surface area contributed by atoms with Crippen LogP contribution < -0.4 is 10.1 Å². The molecule has 25 heavy (non-hydrogen) atoms. The molecule has 130 valence electrons. The molecule has 0 aliphatic rings. The van der Waals surface area contributed by atoms with Crippen molar-refractivity contribution in [3.05, 3.63) is 52.1 Å². The summed E-state index contributed by atoms with van der Waals surface area (Å²) in [6.45, 7) is 0.967. The number of aromatic amines is 1. The largest absolute Gasteiger partial charge is 0.497 e. The van der Waals surface area contributed by atoms with E-state index in [4.69, 9.17) is 17.0 Å². The first kappa shape index (κ1) is 17.4. The molecule has 3 aromatic rings. The molecular weight excluding hydrogens is 356 g/mol. The molecule has 1 amide bonds. The first-order valence-electron chi connectivity index (χ1n) is 7.76. The van der Waals surface area contributed by atoms with E-state index < -0.39 is 0 Å². The Morgan fingerprint density at radius 3 is 2.84 bits per heavy atom. The smallest absolute Gasteiger partial charge is 0.222 e. The quantitative estimate of drug-likeness (QED) is 0.622. The summed E-state index contributed by atoms with van der Waals surface area (Å²) in [6, 6.07) is 11.6. The molecule has 6 nitrogen and oxygen atoms in total. The second-order valence-corrected chi connectivity index (χ2v) is 6.69. The number of ether oxygens (including phenoxy) is 1. The van der Waals surface area contributed by atoms with Gasteiger partial charge >= 0.3 is 0 Å². The van der Waals surface area contributed by atoms with Crippen LogP contribution in [0.4, 0.5) is 0 Å². The minimum atomic E-state index is -0.0314. The molecule has 0 bridgehead atoms. The van der Waals surface area contributed by atoms with E-state index in [1.807, 2.05) is 46.3 Å². The molecule has 0 radical (unpaired) electrons. The van der Waals surface area contributed by atoms with Gasteiger partial charge in [0.15, 0.2) is 10.6 Å². The van der Waals surface area contributed by atoms with Gasteiger partial charge in [-0.2, -0.15) is 5.10 Å². The molecule has 0 aliphatic carbocycles. The van der Waals surface area contributed by atoms with Gasteiger partial charge < -0.3 is 10.1 Å². The second kappa shape index (κ2) is 8.09.